The maximum atomic E-state index is 12.8. The third kappa shape index (κ3) is 4.54. The van der Waals surface area contributed by atoms with Crippen molar-refractivity contribution in [1.29, 1.82) is 0 Å². The molecule has 1 fully saturated rings. The third-order valence-electron chi connectivity index (χ3n) is 5.04. The van der Waals surface area contributed by atoms with E-state index in [-0.39, 0.29) is 5.91 Å². The Balaban J connectivity index is 1.37. The molecule has 1 amide bonds. The van der Waals surface area contributed by atoms with Gasteiger partial charge < -0.3 is 15.1 Å². The van der Waals surface area contributed by atoms with E-state index in [0.717, 1.165) is 30.4 Å². The predicted octanol–water partition coefficient (Wildman–Crippen LogP) is 3.80. The van der Waals surface area contributed by atoms with E-state index in [1.807, 2.05) is 35.2 Å². The molecule has 1 aromatic carbocycles. The van der Waals surface area contributed by atoms with Crippen molar-refractivity contribution in [2.24, 2.45) is 0 Å². The summed E-state index contributed by atoms with van der Waals surface area (Å²) in [5.41, 5.74) is 4.01. The van der Waals surface area contributed by atoms with Crippen LogP contribution in [0, 0.1) is 13.8 Å². The van der Waals surface area contributed by atoms with Crippen molar-refractivity contribution in [2.45, 2.75) is 13.8 Å². The minimum Gasteiger partial charge on any atom is -0.353 e. The lowest BCUT2D eigenvalue weighted by Crippen LogP contribution is -2.49. The fourth-order valence-corrected chi connectivity index (χ4v) is 3.65. The molecule has 1 aliphatic rings. The topological polar surface area (TPSA) is 61.4 Å². The molecule has 0 atom stereocenters. The first-order valence-electron chi connectivity index (χ1n) is 9.85. The molecule has 0 radical (unpaired) electrons. The molecule has 3 heterocycles. The molecule has 1 N–H and O–H groups in total. The van der Waals surface area contributed by atoms with Crippen LogP contribution in [0.1, 0.15) is 21.5 Å². The minimum atomic E-state index is 0.0242. The van der Waals surface area contributed by atoms with Gasteiger partial charge in [-0.3, -0.25) is 4.79 Å². The summed E-state index contributed by atoms with van der Waals surface area (Å²) in [5.74, 6) is 1.71. The Morgan fingerprint density at radius 1 is 0.931 bits per heavy atom. The van der Waals surface area contributed by atoms with Crippen LogP contribution < -0.4 is 10.2 Å². The first kappa shape index (κ1) is 18.9. The predicted molar refractivity (Wildman–Crippen MR) is 116 cm³/mol. The number of carbonyl (C=O) groups is 1. The van der Waals surface area contributed by atoms with E-state index in [2.05, 4.69) is 52.2 Å². The van der Waals surface area contributed by atoms with E-state index in [9.17, 15) is 4.79 Å². The molecule has 6 nitrogen and oxygen atoms in total. The Hall–Kier alpha value is -3.41. The summed E-state index contributed by atoms with van der Waals surface area (Å²) in [6.07, 6.45) is 3.45. The highest BCUT2D eigenvalue weighted by Crippen LogP contribution is 2.19. The van der Waals surface area contributed by atoms with Crippen molar-refractivity contribution in [1.82, 2.24) is 14.9 Å². The molecule has 0 aliphatic carbocycles. The fourth-order valence-electron chi connectivity index (χ4n) is 3.65. The largest absolute Gasteiger partial charge is 0.353 e. The Morgan fingerprint density at radius 2 is 1.69 bits per heavy atom. The van der Waals surface area contributed by atoms with Gasteiger partial charge in [-0.25, -0.2) is 9.97 Å². The second-order valence-electron chi connectivity index (χ2n) is 7.40. The number of piperazine rings is 1. The number of nitrogens with zero attached hydrogens (tertiary/aromatic N) is 4. The van der Waals surface area contributed by atoms with E-state index in [1.54, 1.807) is 12.4 Å². The number of hydrogen-bond acceptors (Lipinski definition) is 5. The van der Waals surface area contributed by atoms with Crippen molar-refractivity contribution in [3.63, 3.8) is 0 Å². The molecule has 3 aromatic rings. The van der Waals surface area contributed by atoms with Gasteiger partial charge in [-0.1, -0.05) is 12.1 Å². The Morgan fingerprint density at radius 3 is 2.31 bits per heavy atom. The van der Waals surface area contributed by atoms with Gasteiger partial charge >= 0.3 is 0 Å². The quantitative estimate of drug-likeness (QED) is 0.738. The lowest BCUT2D eigenvalue weighted by atomic mass is 10.1. The Labute approximate surface area is 171 Å². The van der Waals surface area contributed by atoms with Crippen molar-refractivity contribution < 1.29 is 4.79 Å². The minimum absolute atomic E-state index is 0.0242. The standard InChI is InChI=1S/C23H25N5O/c1-17-13-18(2)15-20(14-17)26-21-7-6-19(16-25-21)23(29)28-11-9-27(10-12-28)22-5-3-4-8-24-22/h3-8,13-16H,9-12H2,1-2H3,(H,25,26). The molecule has 0 unspecified atom stereocenters. The van der Waals surface area contributed by atoms with E-state index in [1.165, 1.54) is 11.1 Å². The van der Waals surface area contributed by atoms with Gasteiger partial charge in [0.2, 0.25) is 0 Å². The molecule has 0 bridgehead atoms. The number of hydrogen-bond donors (Lipinski definition) is 1. The maximum Gasteiger partial charge on any atom is 0.255 e. The molecule has 2 aromatic heterocycles. The number of aryl methyl sites for hydroxylation is 2. The van der Waals surface area contributed by atoms with Crippen LogP contribution in [0.25, 0.3) is 0 Å². The summed E-state index contributed by atoms with van der Waals surface area (Å²) in [6, 6.07) is 15.9. The number of anilines is 3. The second-order valence-corrected chi connectivity index (χ2v) is 7.40. The number of benzene rings is 1. The monoisotopic (exact) mass is 387 g/mol. The molecule has 0 saturated carbocycles. The molecule has 29 heavy (non-hydrogen) atoms. The van der Waals surface area contributed by atoms with Crippen LogP contribution >= 0.6 is 0 Å². The van der Waals surface area contributed by atoms with Gasteiger partial charge in [0.1, 0.15) is 11.6 Å². The zero-order valence-corrected chi connectivity index (χ0v) is 16.8. The average Bonchev–Trinajstić information content (AvgIpc) is 2.74. The van der Waals surface area contributed by atoms with Crippen molar-refractivity contribution in [3.8, 4) is 0 Å². The van der Waals surface area contributed by atoms with Crippen molar-refractivity contribution in [3.05, 3.63) is 77.6 Å². The zero-order chi connectivity index (χ0) is 20.2. The molecular weight excluding hydrogens is 362 g/mol. The van der Waals surface area contributed by atoms with E-state index >= 15 is 0 Å². The summed E-state index contributed by atoms with van der Waals surface area (Å²) >= 11 is 0. The van der Waals surface area contributed by atoms with Gasteiger partial charge in [0.25, 0.3) is 5.91 Å². The van der Waals surface area contributed by atoms with Crippen molar-refractivity contribution >= 4 is 23.2 Å². The smallest absolute Gasteiger partial charge is 0.255 e. The molecule has 1 saturated heterocycles. The Kier molecular flexibility index (Phi) is 5.42. The number of aromatic nitrogens is 2. The van der Waals surface area contributed by atoms with Crippen LogP contribution in [0.4, 0.5) is 17.3 Å². The molecule has 6 heteroatoms. The van der Waals surface area contributed by atoms with Crippen LogP contribution in [0.15, 0.2) is 60.9 Å². The summed E-state index contributed by atoms with van der Waals surface area (Å²) in [7, 11) is 0. The highest BCUT2D eigenvalue weighted by molar-refractivity contribution is 5.94. The highest BCUT2D eigenvalue weighted by atomic mass is 16.2. The molecule has 0 spiro atoms. The molecule has 1 aliphatic heterocycles. The van der Waals surface area contributed by atoms with Crippen LogP contribution in [-0.4, -0.2) is 47.0 Å². The molecular formula is C23H25N5O. The number of rotatable bonds is 4. The van der Waals surface area contributed by atoms with Crippen LogP contribution in [0.3, 0.4) is 0 Å². The first-order chi connectivity index (χ1) is 14.1. The van der Waals surface area contributed by atoms with Gasteiger partial charge in [-0.05, 0) is 61.4 Å². The summed E-state index contributed by atoms with van der Waals surface area (Å²) in [5, 5.41) is 3.31. The van der Waals surface area contributed by atoms with Gasteiger partial charge in [-0.15, -0.1) is 0 Å². The van der Waals surface area contributed by atoms with E-state index in [0.29, 0.717) is 18.7 Å². The van der Waals surface area contributed by atoms with Gasteiger partial charge in [0, 0.05) is 44.3 Å². The second kappa shape index (κ2) is 8.31. The summed E-state index contributed by atoms with van der Waals surface area (Å²) < 4.78 is 0. The summed E-state index contributed by atoms with van der Waals surface area (Å²) in [4.78, 5) is 25.7. The Bertz CT molecular complexity index is 960. The number of amides is 1. The van der Waals surface area contributed by atoms with E-state index in [4.69, 9.17) is 0 Å². The lowest BCUT2D eigenvalue weighted by molar-refractivity contribution is 0.0746. The van der Waals surface area contributed by atoms with Gasteiger partial charge in [0.05, 0.1) is 5.56 Å². The van der Waals surface area contributed by atoms with Gasteiger partial charge in [-0.2, -0.15) is 0 Å². The SMILES string of the molecule is Cc1cc(C)cc(Nc2ccc(C(=O)N3CCN(c4ccccn4)CC3)cn2)c1. The number of nitrogens with one attached hydrogen (secondary N) is 1. The van der Waals surface area contributed by atoms with Crippen LogP contribution in [-0.2, 0) is 0 Å². The normalized spacial score (nSPS) is 14.0. The average molecular weight is 387 g/mol. The van der Waals surface area contributed by atoms with Gasteiger partial charge in [0.15, 0.2) is 0 Å². The number of pyridine rings is 2. The fraction of sp³-hybridized carbons (Fsp3) is 0.261. The summed E-state index contributed by atoms with van der Waals surface area (Å²) in [6.45, 7) is 7.06. The van der Waals surface area contributed by atoms with Crippen LogP contribution in [0.2, 0.25) is 0 Å². The zero-order valence-electron chi connectivity index (χ0n) is 16.8. The molecule has 148 valence electrons. The highest BCUT2D eigenvalue weighted by Gasteiger charge is 2.23. The first-order valence-corrected chi connectivity index (χ1v) is 9.85. The van der Waals surface area contributed by atoms with Crippen molar-refractivity contribution in [2.75, 3.05) is 36.4 Å². The maximum absolute atomic E-state index is 12.8. The lowest BCUT2D eigenvalue weighted by Gasteiger charge is -2.35. The van der Waals surface area contributed by atoms with Crippen LogP contribution in [0.5, 0.6) is 0 Å². The number of carbonyl (C=O) groups excluding carboxylic acids is 1. The van der Waals surface area contributed by atoms with E-state index < -0.39 is 0 Å². The molecule has 4 rings (SSSR count). The third-order valence-corrected chi connectivity index (χ3v) is 5.04.